The van der Waals surface area contributed by atoms with Crippen LogP contribution >= 0.6 is 0 Å². The Balaban J connectivity index is 4.09. The Morgan fingerprint density at radius 2 is 1.94 bits per heavy atom. The van der Waals surface area contributed by atoms with Crippen LogP contribution in [0.4, 0.5) is 0 Å². The van der Waals surface area contributed by atoms with Gasteiger partial charge in [0, 0.05) is 26.8 Å². The van der Waals surface area contributed by atoms with Gasteiger partial charge in [-0.15, -0.1) is 0 Å². The van der Waals surface area contributed by atoms with Crippen molar-refractivity contribution < 1.29 is 9.53 Å². The summed E-state index contributed by atoms with van der Waals surface area (Å²) in [5, 5.41) is 0. The third-order valence-electron chi connectivity index (χ3n) is 3.00. The summed E-state index contributed by atoms with van der Waals surface area (Å²) in [5.74, 6) is 0.624. The summed E-state index contributed by atoms with van der Waals surface area (Å²) < 4.78 is 4.95. The topological polar surface area (TPSA) is 55.6 Å². The predicted molar refractivity (Wildman–Crippen MR) is 70.8 cm³/mol. The van der Waals surface area contributed by atoms with Gasteiger partial charge in [-0.2, -0.15) is 0 Å². The van der Waals surface area contributed by atoms with E-state index in [1.807, 2.05) is 7.05 Å². The predicted octanol–water partition coefficient (Wildman–Crippen LogP) is 1.63. The van der Waals surface area contributed by atoms with Crippen molar-refractivity contribution >= 4 is 5.91 Å². The van der Waals surface area contributed by atoms with Gasteiger partial charge in [0.05, 0.1) is 6.04 Å². The number of methoxy groups -OCH3 is 1. The second-order valence-corrected chi connectivity index (χ2v) is 5.17. The van der Waals surface area contributed by atoms with Crippen LogP contribution in [-0.2, 0) is 9.53 Å². The van der Waals surface area contributed by atoms with Crippen molar-refractivity contribution in [2.45, 2.75) is 52.1 Å². The van der Waals surface area contributed by atoms with Crippen LogP contribution in [0, 0.1) is 5.92 Å². The van der Waals surface area contributed by atoms with Gasteiger partial charge < -0.3 is 15.4 Å². The third-order valence-corrected chi connectivity index (χ3v) is 3.00. The average molecular weight is 244 g/mol. The van der Waals surface area contributed by atoms with Gasteiger partial charge in [-0.3, -0.25) is 4.79 Å². The molecule has 0 radical (unpaired) electrons. The molecule has 0 rings (SSSR count). The first-order valence-electron chi connectivity index (χ1n) is 6.41. The quantitative estimate of drug-likeness (QED) is 0.660. The van der Waals surface area contributed by atoms with Crippen LogP contribution in [0.15, 0.2) is 0 Å². The lowest BCUT2D eigenvalue weighted by molar-refractivity contribution is -0.133. The van der Waals surface area contributed by atoms with E-state index in [1.54, 1.807) is 12.0 Å². The van der Waals surface area contributed by atoms with E-state index in [0.29, 0.717) is 18.9 Å². The molecule has 0 bridgehead atoms. The highest BCUT2D eigenvalue weighted by Crippen LogP contribution is 2.11. The van der Waals surface area contributed by atoms with Crippen LogP contribution < -0.4 is 5.73 Å². The molecule has 0 aliphatic heterocycles. The maximum atomic E-state index is 12.0. The van der Waals surface area contributed by atoms with Crippen molar-refractivity contribution in [1.82, 2.24) is 4.90 Å². The van der Waals surface area contributed by atoms with Crippen molar-refractivity contribution in [3.8, 4) is 0 Å². The Hall–Kier alpha value is -0.610. The van der Waals surface area contributed by atoms with Gasteiger partial charge in [0.1, 0.15) is 0 Å². The highest BCUT2D eigenvalue weighted by Gasteiger charge is 2.21. The molecule has 0 aliphatic carbocycles. The Bertz CT molecular complexity index is 219. The maximum absolute atomic E-state index is 12.0. The Morgan fingerprint density at radius 3 is 2.41 bits per heavy atom. The molecule has 0 heterocycles. The van der Waals surface area contributed by atoms with Crippen LogP contribution in [0.2, 0.25) is 0 Å². The van der Waals surface area contributed by atoms with Crippen LogP contribution in [0.1, 0.15) is 40.0 Å². The van der Waals surface area contributed by atoms with Crippen molar-refractivity contribution in [2.75, 3.05) is 20.8 Å². The lowest BCUT2D eigenvalue weighted by Gasteiger charge is -2.28. The van der Waals surface area contributed by atoms with E-state index >= 15 is 0 Å². The molecule has 0 saturated carbocycles. The minimum absolute atomic E-state index is 0.0363. The van der Waals surface area contributed by atoms with E-state index in [-0.39, 0.29) is 11.9 Å². The fraction of sp³-hybridized carbons (Fsp3) is 0.923. The zero-order valence-corrected chi connectivity index (χ0v) is 11.9. The minimum Gasteiger partial charge on any atom is -0.385 e. The lowest BCUT2D eigenvalue weighted by Crippen LogP contribution is -2.46. The van der Waals surface area contributed by atoms with E-state index in [9.17, 15) is 4.79 Å². The molecule has 2 unspecified atom stereocenters. The molecular weight excluding hydrogens is 216 g/mol. The van der Waals surface area contributed by atoms with E-state index in [2.05, 4.69) is 20.8 Å². The van der Waals surface area contributed by atoms with Crippen molar-refractivity contribution in [3.05, 3.63) is 0 Å². The first-order chi connectivity index (χ1) is 7.90. The molecule has 0 aromatic rings. The summed E-state index contributed by atoms with van der Waals surface area (Å²) in [4.78, 5) is 13.8. The molecule has 4 nitrogen and oxygen atoms in total. The van der Waals surface area contributed by atoms with E-state index in [0.717, 1.165) is 12.8 Å². The van der Waals surface area contributed by atoms with Crippen molar-refractivity contribution in [3.63, 3.8) is 0 Å². The molecule has 2 N–H and O–H groups in total. The van der Waals surface area contributed by atoms with Crippen LogP contribution in [0.25, 0.3) is 0 Å². The molecule has 0 fully saturated rings. The first-order valence-corrected chi connectivity index (χ1v) is 6.41. The standard InChI is InChI=1S/C13H28N2O2/c1-10(2)9-11(3)15(4)13(16)12(14)7-6-8-17-5/h10-12H,6-9,14H2,1-5H3. The molecule has 0 aromatic carbocycles. The largest absolute Gasteiger partial charge is 0.385 e. The highest BCUT2D eigenvalue weighted by molar-refractivity contribution is 5.81. The number of nitrogens with zero attached hydrogens (tertiary/aromatic N) is 1. The van der Waals surface area contributed by atoms with E-state index in [1.165, 1.54) is 0 Å². The van der Waals surface area contributed by atoms with Crippen LogP contribution in [0.3, 0.4) is 0 Å². The third kappa shape index (κ3) is 6.64. The molecule has 0 aliphatic rings. The van der Waals surface area contributed by atoms with Gasteiger partial charge in [0.2, 0.25) is 5.91 Å². The van der Waals surface area contributed by atoms with E-state index in [4.69, 9.17) is 10.5 Å². The summed E-state index contributed by atoms with van der Waals surface area (Å²) in [6.07, 6.45) is 2.52. The molecule has 0 aromatic heterocycles. The summed E-state index contributed by atoms with van der Waals surface area (Å²) in [5.41, 5.74) is 5.88. The van der Waals surface area contributed by atoms with Crippen molar-refractivity contribution in [2.24, 2.45) is 11.7 Å². The Kier molecular flexibility index (Phi) is 8.17. The molecule has 17 heavy (non-hydrogen) atoms. The number of likely N-dealkylation sites (N-methyl/N-ethyl adjacent to an activating group) is 1. The fourth-order valence-corrected chi connectivity index (χ4v) is 1.89. The number of hydrogen-bond donors (Lipinski definition) is 1. The Labute approximate surface area is 105 Å². The molecule has 102 valence electrons. The zero-order valence-electron chi connectivity index (χ0n) is 11.9. The molecule has 4 heteroatoms. The second-order valence-electron chi connectivity index (χ2n) is 5.17. The molecule has 2 atom stereocenters. The number of nitrogens with two attached hydrogens (primary N) is 1. The average Bonchev–Trinajstić information content (AvgIpc) is 2.26. The van der Waals surface area contributed by atoms with Gasteiger partial charge in [-0.05, 0) is 32.1 Å². The maximum Gasteiger partial charge on any atom is 0.239 e. The fourth-order valence-electron chi connectivity index (χ4n) is 1.89. The van der Waals surface area contributed by atoms with Crippen LogP contribution in [-0.4, -0.2) is 43.7 Å². The summed E-state index contributed by atoms with van der Waals surface area (Å²) in [6.45, 7) is 7.05. The number of hydrogen-bond acceptors (Lipinski definition) is 3. The highest BCUT2D eigenvalue weighted by atomic mass is 16.5. The smallest absolute Gasteiger partial charge is 0.239 e. The zero-order chi connectivity index (χ0) is 13.4. The van der Waals surface area contributed by atoms with Gasteiger partial charge in [-0.25, -0.2) is 0 Å². The van der Waals surface area contributed by atoms with E-state index < -0.39 is 6.04 Å². The normalized spacial score (nSPS) is 14.8. The number of ether oxygens (including phenoxy) is 1. The summed E-state index contributed by atoms with van der Waals surface area (Å²) >= 11 is 0. The summed E-state index contributed by atoms with van der Waals surface area (Å²) in [7, 11) is 3.50. The first kappa shape index (κ1) is 16.4. The van der Waals surface area contributed by atoms with Gasteiger partial charge in [-0.1, -0.05) is 13.8 Å². The molecular formula is C13H28N2O2. The molecule has 0 spiro atoms. The lowest BCUT2D eigenvalue weighted by atomic mass is 10.0. The van der Waals surface area contributed by atoms with Gasteiger partial charge in [0.15, 0.2) is 0 Å². The SMILES string of the molecule is COCCCC(N)C(=O)N(C)C(C)CC(C)C. The van der Waals surface area contributed by atoms with Gasteiger partial charge >= 0.3 is 0 Å². The summed E-state index contributed by atoms with van der Waals surface area (Å²) in [6, 6.07) is -0.152. The van der Waals surface area contributed by atoms with Crippen LogP contribution in [0.5, 0.6) is 0 Å². The molecule has 1 amide bonds. The Morgan fingerprint density at radius 1 is 1.35 bits per heavy atom. The second kappa shape index (κ2) is 8.48. The van der Waals surface area contributed by atoms with Crippen molar-refractivity contribution in [1.29, 1.82) is 0 Å². The number of rotatable bonds is 8. The number of amides is 1. The van der Waals surface area contributed by atoms with Gasteiger partial charge in [0.25, 0.3) is 0 Å². The number of carbonyl (C=O) groups excluding carboxylic acids is 1. The monoisotopic (exact) mass is 244 g/mol. The minimum atomic E-state index is -0.398. The number of carbonyl (C=O) groups is 1. The molecule has 0 saturated heterocycles.